The van der Waals surface area contributed by atoms with E-state index in [1.807, 2.05) is 18.2 Å². The Morgan fingerprint density at radius 2 is 2.00 bits per heavy atom. The number of nitrogens with one attached hydrogen (secondary N) is 4. The highest BCUT2D eigenvalue weighted by atomic mass is 19.1. The molecule has 0 atom stereocenters. The molecule has 2 aromatic heterocycles. The quantitative estimate of drug-likeness (QED) is 0.209. The normalized spacial score (nSPS) is 10.9. The van der Waals surface area contributed by atoms with Crippen LogP contribution in [0.3, 0.4) is 0 Å². The number of H-pyrrole nitrogens is 1. The van der Waals surface area contributed by atoms with E-state index in [1.54, 1.807) is 19.2 Å². The lowest BCUT2D eigenvalue weighted by atomic mass is 10.2. The summed E-state index contributed by atoms with van der Waals surface area (Å²) in [5, 5.41) is 16.9. The second kappa shape index (κ2) is 12.6. The van der Waals surface area contributed by atoms with Crippen LogP contribution in [0.15, 0.2) is 54.9 Å². The number of carbonyl (C=O) groups excluding carboxylic acids is 1. The number of anilines is 3. The number of hydrogen-bond acceptors (Lipinski definition) is 8. The van der Waals surface area contributed by atoms with Crippen LogP contribution in [0.1, 0.15) is 12.1 Å². The van der Waals surface area contributed by atoms with Gasteiger partial charge in [0.1, 0.15) is 23.7 Å². The molecule has 0 aliphatic heterocycles. The SMILES string of the molecule is COCCNCCCOc1ccc2c(Nc3cc(CC(=O)Nc4cccc(F)c4)[nH]n3)ncnc2c1. The Bertz CT molecular complexity index is 1300. The number of nitrogens with zero attached hydrogens (tertiary/aromatic N) is 3. The zero-order valence-electron chi connectivity index (χ0n) is 19.9. The average molecular weight is 494 g/mol. The lowest BCUT2D eigenvalue weighted by molar-refractivity contribution is -0.115. The highest BCUT2D eigenvalue weighted by Gasteiger charge is 2.11. The summed E-state index contributed by atoms with van der Waals surface area (Å²) in [5.41, 5.74) is 1.72. The Morgan fingerprint density at radius 3 is 2.86 bits per heavy atom. The number of ether oxygens (including phenoxy) is 2. The van der Waals surface area contributed by atoms with Gasteiger partial charge in [0.15, 0.2) is 5.82 Å². The van der Waals surface area contributed by atoms with E-state index in [4.69, 9.17) is 9.47 Å². The lowest BCUT2D eigenvalue weighted by Gasteiger charge is -2.09. The van der Waals surface area contributed by atoms with Gasteiger partial charge in [-0.25, -0.2) is 14.4 Å². The molecule has 2 heterocycles. The van der Waals surface area contributed by atoms with E-state index in [0.29, 0.717) is 36.2 Å². The van der Waals surface area contributed by atoms with Gasteiger partial charge in [-0.3, -0.25) is 9.89 Å². The predicted molar refractivity (Wildman–Crippen MR) is 135 cm³/mol. The average Bonchev–Trinajstić information content (AvgIpc) is 3.30. The van der Waals surface area contributed by atoms with E-state index < -0.39 is 5.82 Å². The van der Waals surface area contributed by atoms with Crippen molar-refractivity contribution in [3.8, 4) is 5.75 Å². The van der Waals surface area contributed by atoms with E-state index >= 15 is 0 Å². The minimum absolute atomic E-state index is 0.0539. The maximum atomic E-state index is 13.3. The molecule has 0 aliphatic rings. The lowest BCUT2D eigenvalue weighted by Crippen LogP contribution is -2.21. The highest BCUT2D eigenvalue weighted by Crippen LogP contribution is 2.26. The fourth-order valence-corrected chi connectivity index (χ4v) is 3.49. The first-order valence-electron chi connectivity index (χ1n) is 11.5. The summed E-state index contributed by atoms with van der Waals surface area (Å²) in [6, 6.07) is 13.1. The number of aromatic nitrogens is 4. The van der Waals surface area contributed by atoms with Gasteiger partial charge < -0.3 is 25.4 Å². The van der Waals surface area contributed by atoms with Crippen LogP contribution in [0.5, 0.6) is 5.75 Å². The van der Waals surface area contributed by atoms with Crippen LogP contribution in [-0.4, -0.2) is 59.5 Å². The number of carbonyl (C=O) groups is 1. The first kappa shape index (κ1) is 25.0. The number of fused-ring (bicyclic) bond motifs is 1. The fraction of sp³-hybridized carbons (Fsp3) is 0.280. The van der Waals surface area contributed by atoms with Crippen LogP contribution in [-0.2, 0) is 16.0 Å². The largest absolute Gasteiger partial charge is 0.493 e. The molecule has 2 aromatic carbocycles. The summed E-state index contributed by atoms with van der Waals surface area (Å²) in [6.07, 6.45) is 2.40. The van der Waals surface area contributed by atoms with Crippen LogP contribution in [0.25, 0.3) is 10.9 Å². The number of amides is 1. The molecule has 1 amide bonds. The standard InChI is InChI=1S/C25H28FN7O3/c1-35-11-9-27-8-3-10-36-20-6-7-21-22(15-20)28-16-29-25(21)31-23-13-19(32-33-23)14-24(34)30-18-5-2-4-17(26)12-18/h2,4-7,12-13,15-16,27H,3,8-11,14H2,1H3,(H,30,34)(H2,28,29,31,32,33). The maximum Gasteiger partial charge on any atom is 0.230 e. The number of rotatable bonds is 13. The van der Waals surface area contributed by atoms with E-state index in [1.165, 1.54) is 24.5 Å². The Morgan fingerprint density at radius 1 is 1.08 bits per heavy atom. The molecule has 0 radical (unpaired) electrons. The first-order chi connectivity index (χ1) is 17.6. The van der Waals surface area contributed by atoms with Crippen molar-refractivity contribution in [2.45, 2.75) is 12.8 Å². The van der Waals surface area contributed by atoms with Crippen LogP contribution in [0.2, 0.25) is 0 Å². The van der Waals surface area contributed by atoms with Crippen LogP contribution >= 0.6 is 0 Å². The summed E-state index contributed by atoms with van der Waals surface area (Å²) in [4.78, 5) is 21.0. The minimum atomic E-state index is -0.414. The van der Waals surface area contributed by atoms with Gasteiger partial charge >= 0.3 is 0 Å². The Balaban J connectivity index is 1.32. The van der Waals surface area contributed by atoms with Gasteiger partial charge in [0.2, 0.25) is 5.91 Å². The smallest absolute Gasteiger partial charge is 0.230 e. The molecule has 36 heavy (non-hydrogen) atoms. The van der Waals surface area contributed by atoms with Crippen LogP contribution in [0, 0.1) is 5.82 Å². The van der Waals surface area contributed by atoms with Gasteiger partial charge in [0.25, 0.3) is 0 Å². The van der Waals surface area contributed by atoms with Crippen molar-refractivity contribution in [3.05, 3.63) is 66.4 Å². The molecule has 10 nitrogen and oxygen atoms in total. The molecule has 0 aliphatic carbocycles. The van der Waals surface area contributed by atoms with Crippen molar-refractivity contribution in [2.75, 3.05) is 44.0 Å². The molecular formula is C25H28FN7O3. The molecule has 11 heteroatoms. The summed E-state index contributed by atoms with van der Waals surface area (Å²) < 4.78 is 24.1. The van der Waals surface area contributed by atoms with Gasteiger partial charge in [-0.1, -0.05) is 6.07 Å². The third kappa shape index (κ3) is 7.20. The molecule has 4 rings (SSSR count). The molecule has 0 bridgehead atoms. The molecule has 188 valence electrons. The number of benzene rings is 2. The fourth-order valence-electron chi connectivity index (χ4n) is 3.49. The topological polar surface area (TPSA) is 126 Å². The van der Waals surface area contributed by atoms with Crippen LogP contribution in [0.4, 0.5) is 21.7 Å². The van der Waals surface area contributed by atoms with Gasteiger partial charge in [0, 0.05) is 42.6 Å². The second-order valence-electron chi connectivity index (χ2n) is 7.98. The van der Waals surface area contributed by atoms with Gasteiger partial charge in [-0.15, -0.1) is 0 Å². The van der Waals surface area contributed by atoms with Crippen molar-refractivity contribution in [1.29, 1.82) is 0 Å². The van der Waals surface area contributed by atoms with Crippen LogP contribution < -0.4 is 20.7 Å². The molecule has 0 saturated carbocycles. The van der Waals surface area contributed by atoms with Gasteiger partial charge in [-0.2, -0.15) is 5.10 Å². The zero-order chi connectivity index (χ0) is 25.2. The van der Waals surface area contributed by atoms with E-state index in [9.17, 15) is 9.18 Å². The number of hydrogen-bond donors (Lipinski definition) is 4. The minimum Gasteiger partial charge on any atom is -0.493 e. The first-order valence-corrected chi connectivity index (χ1v) is 11.5. The number of aromatic amines is 1. The molecular weight excluding hydrogens is 465 g/mol. The summed E-state index contributed by atoms with van der Waals surface area (Å²) >= 11 is 0. The van der Waals surface area contributed by atoms with Crippen molar-refractivity contribution in [3.63, 3.8) is 0 Å². The molecule has 0 spiro atoms. The Hall–Kier alpha value is -4.09. The number of methoxy groups -OCH3 is 1. The third-order valence-corrected chi connectivity index (χ3v) is 5.19. The monoisotopic (exact) mass is 493 g/mol. The predicted octanol–water partition coefficient (Wildman–Crippen LogP) is 3.42. The third-order valence-electron chi connectivity index (χ3n) is 5.19. The van der Waals surface area contributed by atoms with Crippen molar-refractivity contribution in [2.24, 2.45) is 0 Å². The molecule has 0 fully saturated rings. The zero-order valence-corrected chi connectivity index (χ0v) is 19.9. The second-order valence-corrected chi connectivity index (χ2v) is 7.98. The van der Waals surface area contributed by atoms with E-state index in [0.717, 1.165) is 36.2 Å². The van der Waals surface area contributed by atoms with Crippen molar-refractivity contribution >= 4 is 34.1 Å². The molecule has 4 aromatic rings. The highest BCUT2D eigenvalue weighted by molar-refractivity contribution is 5.93. The summed E-state index contributed by atoms with van der Waals surface area (Å²) in [7, 11) is 1.68. The Labute approximate surface area is 207 Å². The molecule has 0 saturated heterocycles. The van der Waals surface area contributed by atoms with Crippen molar-refractivity contribution < 1.29 is 18.7 Å². The van der Waals surface area contributed by atoms with E-state index in [-0.39, 0.29) is 12.3 Å². The number of halogens is 1. The summed E-state index contributed by atoms with van der Waals surface area (Å²) in [6.45, 7) is 2.95. The maximum absolute atomic E-state index is 13.3. The van der Waals surface area contributed by atoms with Gasteiger partial charge in [-0.05, 0) is 43.3 Å². The summed E-state index contributed by atoms with van der Waals surface area (Å²) in [5.74, 6) is 1.11. The molecule has 4 N–H and O–H groups in total. The van der Waals surface area contributed by atoms with E-state index in [2.05, 4.69) is 36.1 Å². The Kier molecular flexibility index (Phi) is 8.73. The molecule has 0 unspecified atom stereocenters. The van der Waals surface area contributed by atoms with Gasteiger partial charge in [0.05, 0.1) is 25.2 Å². The van der Waals surface area contributed by atoms with Crippen molar-refractivity contribution in [1.82, 2.24) is 25.5 Å².